The molecule has 1 atom stereocenters. The van der Waals surface area contributed by atoms with Crippen molar-refractivity contribution in [3.8, 4) is 23.0 Å². The monoisotopic (exact) mass is 483 g/mol. The average Bonchev–Trinajstić information content (AvgIpc) is 3.59. The summed E-state index contributed by atoms with van der Waals surface area (Å²) in [7, 11) is 0. The van der Waals surface area contributed by atoms with Crippen molar-refractivity contribution in [2.45, 2.75) is 18.9 Å². The highest BCUT2D eigenvalue weighted by atomic mass is 16.7. The Hall–Kier alpha value is -4.66. The van der Waals surface area contributed by atoms with Gasteiger partial charge in [-0.15, -0.1) is 0 Å². The predicted octanol–water partition coefficient (Wildman–Crippen LogP) is 4.20. The largest absolute Gasteiger partial charge is 0.454 e. The zero-order valence-corrected chi connectivity index (χ0v) is 19.3. The molecule has 2 amide bonds. The summed E-state index contributed by atoms with van der Waals surface area (Å²) in [5.41, 5.74) is 2.28. The van der Waals surface area contributed by atoms with E-state index < -0.39 is 5.54 Å². The zero-order chi connectivity index (χ0) is 24.4. The van der Waals surface area contributed by atoms with E-state index in [-0.39, 0.29) is 31.8 Å². The van der Waals surface area contributed by atoms with Gasteiger partial charge in [-0.25, -0.2) is 0 Å². The maximum Gasteiger partial charge on any atom is 0.256 e. The molecule has 1 fully saturated rings. The number of hydrogen-bond acceptors (Lipinski definition) is 6. The molecule has 7 rings (SSSR count). The summed E-state index contributed by atoms with van der Waals surface area (Å²) in [4.78, 5) is 32.4. The Labute approximate surface area is 205 Å². The van der Waals surface area contributed by atoms with Crippen LogP contribution in [0.15, 0.2) is 60.7 Å². The summed E-state index contributed by atoms with van der Waals surface area (Å²) in [5, 5.41) is 3.91. The van der Waals surface area contributed by atoms with E-state index >= 15 is 0 Å². The van der Waals surface area contributed by atoms with E-state index in [2.05, 4.69) is 10.3 Å². The minimum atomic E-state index is -1.29. The van der Waals surface area contributed by atoms with Gasteiger partial charge in [-0.3, -0.25) is 14.5 Å². The molecule has 3 aliphatic heterocycles. The van der Waals surface area contributed by atoms with Gasteiger partial charge in [0.05, 0.1) is 6.42 Å². The molecular formula is C27H21N3O6. The van der Waals surface area contributed by atoms with Gasteiger partial charge < -0.3 is 29.2 Å². The number of amides is 2. The third-order valence-corrected chi connectivity index (χ3v) is 6.97. The maximum atomic E-state index is 14.2. The predicted molar refractivity (Wildman–Crippen MR) is 131 cm³/mol. The summed E-state index contributed by atoms with van der Waals surface area (Å²) in [6.45, 7) is 2.17. The summed E-state index contributed by atoms with van der Waals surface area (Å²) >= 11 is 0. The van der Waals surface area contributed by atoms with Gasteiger partial charge in [-0.2, -0.15) is 0 Å². The number of carbonyl (C=O) groups is 2. The number of nitrogens with zero attached hydrogens (tertiary/aromatic N) is 1. The van der Waals surface area contributed by atoms with Crippen LogP contribution in [0.3, 0.4) is 0 Å². The first-order valence-electron chi connectivity index (χ1n) is 11.6. The van der Waals surface area contributed by atoms with Gasteiger partial charge in [0.15, 0.2) is 28.5 Å². The lowest BCUT2D eigenvalue weighted by Gasteiger charge is -2.50. The van der Waals surface area contributed by atoms with Crippen LogP contribution >= 0.6 is 0 Å². The number of aryl methyl sites for hydroxylation is 1. The minimum absolute atomic E-state index is 0.0144. The second kappa shape index (κ2) is 7.42. The molecule has 9 heteroatoms. The summed E-state index contributed by atoms with van der Waals surface area (Å²) in [6.07, 6.45) is 0.0144. The molecule has 9 nitrogen and oxygen atoms in total. The second-order valence-electron chi connectivity index (χ2n) is 9.00. The third-order valence-electron chi connectivity index (χ3n) is 6.97. The van der Waals surface area contributed by atoms with Crippen molar-refractivity contribution in [1.82, 2.24) is 4.98 Å². The highest BCUT2D eigenvalue weighted by Gasteiger charge is 2.60. The SMILES string of the molecule is Cc1[nH]c2ccccc2c1C1(C(=O)Nc2ccc3c(c2)OCO3)CC(=O)N1c1ccc2c(c1)OCO2. The molecule has 36 heavy (non-hydrogen) atoms. The molecule has 3 aliphatic rings. The fourth-order valence-electron chi connectivity index (χ4n) is 5.40. The van der Waals surface area contributed by atoms with Gasteiger partial charge in [0.2, 0.25) is 19.5 Å². The van der Waals surface area contributed by atoms with Crippen LogP contribution < -0.4 is 29.2 Å². The van der Waals surface area contributed by atoms with E-state index in [0.29, 0.717) is 34.4 Å². The lowest BCUT2D eigenvalue weighted by atomic mass is 9.74. The molecule has 0 radical (unpaired) electrons. The van der Waals surface area contributed by atoms with Gasteiger partial charge in [0.25, 0.3) is 5.91 Å². The van der Waals surface area contributed by atoms with Crippen molar-refractivity contribution in [3.05, 3.63) is 71.9 Å². The summed E-state index contributed by atoms with van der Waals surface area (Å²) in [5.74, 6) is 1.82. The third kappa shape index (κ3) is 2.82. The van der Waals surface area contributed by atoms with E-state index in [0.717, 1.165) is 22.2 Å². The number of benzene rings is 3. The van der Waals surface area contributed by atoms with Crippen LogP contribution in [-0.4, -0.2) is 30.4 Å². The van der Waals surface area contributed by atoms with Gasteiger partial charge in [0.1, 0.15) is 0 Å². The Bertz CT molecular complexity index is 1580. The Morgan fingerprint density at radius 1 is 0.917 bits per heavy atom. The smallest absolute Gasteiger partial charge is 0.256 e. The van der Waals surface area contributed by atoms with Crippen molar-refractivity contribution < 1.29 is 28.5 Å². The van der Waals surface area contributed by atoms with Crippen LogP contribution in [0, 0.1) is 6.92 Å². The van der Waals surface area contributed by atoms with Crippen LogP contribution in [0.1, 0.15) is 17.7 Å². The molecule has 3 aromatic carbocycles. The second-order valence-corrected chi connectivity index (χ2v) is 9.00. The first-order chi connectivity index (χ1) is 17.5. The molecular weight excluding hydrogens is 462 g/mol. The van der Waals surface area contributed by atoms with Gasteiger partial charge >= 0.3 is 0 Å². The van der Waals surface area contributed by atoms with Gasteiger partial charge in [0, 0.05) is 45.7 Å². The van der Waals surface area contributed by atoms with Crippen LogP contribution in [-0.2, 0) is 15.1 Å². The Morgan fingerprint density at radius 3 is 2.39 bits per heavy atom. The fraction of sp³-hybridized carbons (Fsp3) is 0.185. The highest BCUT2D eigenvalue weighted by molar-refractivity contribution is 6.19. The summed E-state index contributed by atoms with van der Waals surface area (Å²) < 4.78 is 21.9. The average molecular weight is 483 g/mol. The van der Waals surface area contributed by atoms with E-state index in [9.17, 15) is 9.59 Å². The first kappa shape index (κ1) is 20.7. The van der Waals surface area contributed by atoms with Crippen LogP contribution in [0.5, 0.6) is 23.0 Å². The number of carbonyl (C=O) groups excluding carboxylic acids is 2. The number of H-pyrrole nitrogens is 1. The van der Waals surface area contributed by atoms with E-state index in [1.54, 1.807) is 41.3 Å². The number of ether oxygens (including phenoxy) is 4. The number of β-lactam (4-membered cyclic amide) rings is 1. The van der Waals surface area contributed by atoms with E-state index in [1.165, 1.54) is 0 Å². The quantitative estimate of drug-likeness (QED) is 0.422. The van der Waals surface area contributed by atoms with Crippen molar-refractivity contribution in [2.24, 2.45) is 0 Å². The number of aromatic nitrogens is 1. The molecule has 1 unspecified atom stereocenters. The van der Waals surface area contributed by atoms with Crippen LogP contribution in [0.2, 0.25) is 0 Å². The topological polar surface area (TPSA) is 102 Å². The van der Waals surface area contributed by atoms with Crippen molar-refractivity contribution in [2.75, 3.05) is 23.8 Å². The molecule has 0 spiro atoms. The van der Waals surface area contributed by atoms with Gasteiger partial charge in [-0.1, -0.05) is 18.2 Å². The summed E-state index contributed by atoms with van der Waals surface area (Å²) in [6, 6.07) is 18.3. The number of anilines is 2. The lowest BCUT2D eigenvalue weighted by molar-refractivity contribution is -0.137. The van der Waals surface area contributed by atoms with Gasteiger partial charge in [-0.05, 0) is 37.3 Å². The normalized spacial score (nSPS) is 19.5. The number of aromatic amines is 1. The minimum Gasteiger partial charge on any atom is -0.454 e. The molecule has 1 aromatic heterocycles. The van der Waals surface area contributed by atoms with Crippen molar-refractivity contribution in [1.29, 1.82) is 0 Å². The Kier molecular flexibility index (Phi) is 4.26. The van der Waals surface area contributed by atoms with Crippen molar-refractivity contribution >= 4 is 34.1 Å². The standard InChI is InChI=1S/C27H21N3O6/c1-15-25(18-4-2-3-5-19(18)28-15)27(26(32)29-16-6-8-20-22(10-16)35-13-33-20)12-24(31)30(27)17-7-9-21-23(11-17)36-14-34-21/h2-11,28H,12-14H2,1H3,(H,29,32). The number of nitrogens with one attached hydrogen (secondary N) is 2. The number of fused-ring (bicyclic) bond motifs is 3. The Morgan fingerprint density at radius 2 is 1.61 bits per heavy atom. The van der Waals surface area contributed by atoms with Crippen LogP contribution in [0.25, 0.3) is 10.9 Å². The zero-order valence-electron chi connectivity index (χ0n) is 19.3. The number of hydrogen-bond donors (Lipinski definition) is 2. The van der Waals surface area contributed by atoms with E-state index in [1.807, 2.05) is 31.2 Å². The highest BCUT2D eigenvalue weighted by Crippen LogP contribution is 2.50. The fourth-order valence-corrected chi connectivity index (χ4v) is 5.40. The first-order valence-corrected chi connectivity index (χ1v) is 11.6. The lowest BCUT2D eigenvalue weighted by Crippen LogP contribution is -2.67. The molecule has 180 valence electrons. The van der Waals surface area contributed by atoms with Crippen LogP contribution in [0.4, 0.5) is 11.4 Å². The Balaban J connectivity index is 1.38. The molecule has 4 heterocycles. The molecule has 0 saturated carbocycles. The maximum absolute atomic E-state index is 14.2. The molecule has 0 aliphatic carbocycles. The van der Waals surface area contributed by atoms with Crippen molar-refractivity contribution in [3.63, 3.8) is 0 Å². The van der Waals surface area contributed by atoms with E-state index in [4.69, 9.17) is 18.9 Å². The number of para-hydroxylation sites is 1. The molecule has 0 bridgehead atoms. The molecule has 2 N–H and O–H groups in total. The molecule has 4 aromatic rings. The number of rotatable bonds is 4. The molecule has 1 saturated heterocycles.